The average Bonchev–Trinajstić information content (AvgIpc) is 2.51. The molecule has 0 atom stereocenters. The van der Waals surface area contributed by atoms with Gasteiger partial charge in [0.05, 0.1) is 12.2 Å². The first kappa shape index (κ1) is 15.9. The molecule has 0 aromatic heterocycles. The molecule has 0 radical (unpaired) electrons. The summed E-state index contributed by atoms with van der Waals surface area (Å²) in [5, 5.41) is 8.64. The Morgan fingerprint density at radius 1 is 0.864 bits per heavy atom. The van der Waals surface area contributed by atoms with E-state index >= 15 is 0 Å². The fraction of sp³-hybridized carbons (Fsp3) is 0.176. The molecule has 0 aliphatic heterocycles. The van der Waals surface area contributed by atoms with Gasteiger partial charge in [-0.15, -0.1) is 0 Å². The number of hydrogen-bond donors (Lipinski definition) is 1. The molecule has 2 rings (SSSR count). The predicted molar refractivity (Wildman–Crippen MR) is 76.4 cm³/mol. The Balaban J connectivity index is 2.06. The van der Waals surface area contributed by atoms with Crippen LogP contribution in [0.3, 0.4) is 0 Å². The van der Waals surface area contributed by atoms with E-state index in [2.05, 4.69) is 11.8 Å². The molecule has 0 unspecified atom stereocenters. The van der Waals surface area contributed by atoms with Crippen LogP contribution >= 0.6 is 0 Å². The molecule has 0 bridgehead atoms. The van der Waals surface area contributed by atoms with E-state index in [-0.39, 0.29) is 13.2 Å². The van der Waals surface area contributed by atoms with E-state index in [1.165, 1.54) is 12.1 Å². The summed E-state index contributed by atoms with van der Waals surface area (Å²) in [4.78, 5) is 0. The highest BCUT2D eigenvalue weighted by Crippen LogP contribution is 2.28. The van der Waals surface area contributed by atoms with Gasteiger partial charge in [0.2, 0.25) is 0 Å². The van der Waals surface area contributed by atoms with Gasteiger partial charge in [0.15, 0.2) is 0 Å². The number of aliphatic hydroxyl groups excluding tert-OH is 1. The molecule has 1 N–H and O–H groups in total. The molecular formula is C17H13F3O2. The van der Waals surface area contributed by atoms with Gasteiger partial charge in [-0.05, 0) is 48.5 Å². The maximum atomic E-state index is 12.4. The van der Waals surface area contributed by atoms with Crippen LogP contribution in [-0.2, 0) is 6.18 Å². The van der Waals surface area contributed by atoms with Gasteiger partial charge in [0.25, 0.3) is 0 Å². The van der Waals surface area contributed by atoms with Gasteiger partial charge in [-0.25, -0.2) is 0 Å². The van der Waals surface area contributed by atoms with E-state index in [0.717, 1.165) is 17.7 Å². The van der Waals surface area contributed by atoms with Gasteiger partial charge < -0.3 is 9.84 Å². The first-order valence-electron chi connectivity index (χ1n) is 6.52. The highest BCUT2D eigenvalue weighted by atomic mass is 19.4. The van der Waals surface area contributed by atoms with Crippen molar-refractivity contribution >= 4 is 0 Å². The maximum absolute atomic E-state index is 12.4. The average molecular weight is 306 g/mol. The second-order valence-corrected chi connectivity index (χ2v) is 4.42. The van der Waals surface area contributed by atoms with Crippen LogP contribution < -0.4 is 4.74 Å². The predicted octanol–water partition coefficient (Wildman–Crippen LogP) is 3.48. The van der Waals surface area contributed by atoms with Crippen LogP contribution in [0, 0.1) is 11.8 Å². The van der Waals surface area contributed by atoms with E-state index in [4.69, 9.17) is 9.84 Å². The molecule has 0 saturated carbocycles. The molecule has 2 aromatic rings. The van der Waals surface area contributed by atoms with Crippen molar-refractivity contribution in [1.29, 1.82) is 0 Å². The van der Waals surface area contributed by atoms with Crippen molar-refractivity contribution in [2.45, 2.75) is 6.18 Å². The second-order valence-electron chi connectivity index (χ2n) is 4.42. The standard InChI is InChI=1S/C17H13F3O2/c18-17(19,20)15-7-3-13(4-8-15)1-2-14-5-9-16(10-6-14)22-12-11-21/h3-10,21H,11-12H2. The fourth-order valence-electron chi connectivity index (χ4n) is 1.68. The molecule has 0 heterocycles. The normalized spacial score (nSPS) is 10.7. The minimum absolute atomic E-state index is 0.0600. The largest absolute Gasteiger partial charge is 0.491 e. The first-order valence-corrected chi connectivity index (χ1v) is 6.52. The van der Waals surface area contributed by atoms with Crippen LogP contribution in [0.4, 0.5) is 13.2 Å². The third-order valence-corrected chi connectivity index (χ3v) is 2.78. The Labute approximate surface area is 126 Å². The Hall–Kier alpha value is -2.45. The van der Waals surface area contributed by atoms with Crippen LogP contribution in [0.1, 0.15) is 16.7 Å². The van der Waals surface area contributed by atoms with Gasteiger partial charge in [-0.2, -0.15) is 13.2 Å². The van der Waals surface area contributed by atoms with Crippen LogP contribution in [0.15, 0.2) is 48.5 Å². The van der Waals surface area contributed by atoms with Crippen molar-refractivity contribution in [2.75, 3.05) is 13.2 Å². The molecular weight excluding hydrogens is 293 g/mol. The summed E-state index contributed by atoms with van der Waals surface area (Å²) in [6, 6.07) is 11.6. The van der Waals surface area contributed by atoms with Gasteiger partial charge >= 0.3 is 6.18 Å². The lowest BCUT2D eigenvalue weighted by molar-refractivity contribution is -0.137. The Kier molecular flexibility index (Phi) is 5.08. The van der Waals surface area contributed by atoms with Gasteiger partial charge in [0, 0.05) is 11.1 Å². The van der Waals surface area contributed by atoms with E-state index in [1.807, 2.05) is 0 Å². The zero-order valence-corrected chi connectivity index (χ0v) is 11.5. The number of benzene rings is 2. The van der Waals surface area contributed by atoms with Crippen LogP contribution in [0.5, 0.6) is 5.75 Å². The summed E-state index contributed by atoms with van der Waals surface area (Å²) in [5.74, 6) is 6.29. The van der Waals surface area contributed by atoms with E-state index in [1.54, 1.807) is 24.3 Å². The SMILES string of the molecule is OCCOc1ccc(C#Cc2ccc(C(F)(F)F)cc2)cc1. The smallest absolute Gasteiger partial charge is 0.416 e. The highest BCUT2D eigenvalue weighted by Gasteiger charge is 2.29. The molecule has 5 heteroatoms. The zero-order valence-electron chi connectivity index (χ0n) is 11.5. The van der Waals surface area contributed by atoms with Gasteiger partial charge in [-0.1, -0.05) is 11.8 Å². The van der Waals surface area contributed by atoms with Crippen molar-refractivity contribution in [3.63, 3.8) is 0 Å². The molecule has 0 fully saturated rings. The molecule has 114 valence electrons. The zero-order chi connectivity index (χ0) is 16.0. The van der Waals surface area contributed by atoms with Crippen molar-refractivity contribution in [3.8, 4) is 17.6 Å². The Bertz CT molecular complexity index is 662. The summed E-state index contributed by atoms with van der Waals surface area (Å²) in [6.07, 6.45) is -4.34. The van der Waals surface area contributed by atoms with E-state index in [9.17, 15) is 13.2 Å². The lowest BCUT2D eigenvalue weighted by atomic mass is 10.1. The van der Waals surface area contributed by atoms with Crippen molar-refractivity contribution in [1.82, 2.24) is 0 Å². The topological polar surface area (TPSA) is 29.5 Å². The van der Waals surface area contributed by atoms with Gasteiger partial charge in [0.1, 0.15) is 12.4 Å². The number of hydrogen-bond acceptors (Lipinski definition) is 2. The van der Waals surface area contributed by atoms with E-state index < -0.39 is 11.7 Å². The molecule has 0 aliphatic rings. The molecule has 0 amide bonds. The number of aliphatic hydroxyl groups is 1. The summed E-state index contributed by atoms with van der Waals surface area (Å²) in [6.45, 7) is 0.159. The molecule has 0 aliphatic carbocycles. The molecule has 22 heavy (non-hydrogen) atoms. The Morgan fingerprint density at radius 3 is 1.82 bits per heavy atom. The summed E-state index contributed by atoms with van der Waals surface area (Å²) in [5.41, 5.74) is 0.535. The number of rotatable bonds is 3. The third kappa shape index (κ3) is 4.54. The quantitative estimate of drug-likeness (QED) is 0.880. The second kappa shape index (κ2) is 7.01. The molecule has 2 nitrogen and oxygen atoms in total. The molecule has 0 saturated heterocycles. The van der Waals surface area contributed by atoms with E-state index in [0.29, 0.717) is 11.3 Å². The van der Waals surface area contributed by atoms with Crippen LogP contribution in [0.25, 0.3) is 0 Å². The Morgan fingerprint density at radius 2 is 1.36 bits per heavy atom. The lowest BCUT2D eigenvalue weighted by Gasteiger charge is -2.05. The van der Waals surface area contributed by atoms with Crippen LogP contribution in [0.2, 0.25) is 0 Å². The molecule has 2 aromatic carbocycles. The summed E-state index contributed by atoms with van der Waals surface area (Å²) in [7, 11) is 0. The first-order chi connectivity index (χ1) is 10.5. The van der Waals surface area contributed by atoms with Crippen molar-refractivity contribution in [2.24, 2.45) is 0 Å². The van der Waals surface area contributed by atoms with Crippen LogP contribution in [-0.4, -0.2) is 18.3 Å². The number of halogens is 3. The minimum atomic E-state index is -4.34. The van der Waals surface area contributed by atoms with Crippen molar-refractivity contribution in [3.05, 3.63) is 65.2 Å². The number of alkyl halides is 3. The molecule has 0 spiro atoms. The minimum Gasteiger partial charge on any atom is -0.491 e. The monoisotopic (exact) mass is 306 g/mol. The summed E-state index contributed by atoms with van der Waals surface area (Å²) >= 11 is 0. The number of ether oxygens (including phenoxy) is 1. The third-order valence-electron chi connectivity index (χ3n) is 2.78. The van der Waals surface area contributed by atoms with Gasteiger partial charge in [-0.3, -0.25) is 0 Å². The maximum Gasteiger partial charge on any atom is 0.416 e. The van der Waals surface area contributed by atoms with Crippen molar-refractivity contribution < 1.29 is 23.0 Å². The highest BCUT2D eigenvalue weighted by molar-refractivity contribution is 5.45. The lowest BCUT2D eigenvalue weighted by Crippen LogP contribution is -2.04. The fourth-order valence-corrected chi connectivity index (χ4v) is 1.68. The summed E-state index contributed by atoms with van der Waals surface area (Å²) < 4.78 is 42.5.